The Morgan fingerprint density at radius 2 is 1.68 bits per heavy atom. The standard InChI is InChI=1S/C27H27N3O6S/c1-18(2)21-11-7-8-12-25(21)37(33,34)29-27(32)28-22(15-19-9-5-4-6-10-19)26(31)30(3)20-13-14-23-24(16-20)36-17-35-23/h4-14,16,22H,1,15,17H2,2-3H3,(H2,28,29,32). The fraction of sp³-hybridized carbons (Fsp3) is 0.185. The number of hydrogen-bond acceptors (Lipinski definition) is 6. The van der Waals surface area contributed by atoms with Crippen LogP contribution in [0.2, 0.25) is 0 Å². The van der Waals surface area contributed by atoms with Gasteiger partial charge in [0.25, 0.3) is 10.0 Å². The van der Waals surface area contributed by atoms with Crippen LogP contribution < -0.4 is 24.4 Å². The number of likely N-dealkylation sites (N-methyl/N-ethyl adjacent to an activating group) is 1. The van der Waals surface area contributed by atoms with Gasteiger partial charge < -0.3 is 19.7 Å². The molecule has 0 saturated heterocycles. The number of nitrogens with zero attached hydrogens (tertiary/aromatic N) is 1. The SMILES string of the molecule is C=C(C)c1ccccc1S(=O)(=O)NC(=O)NC(Cc1ccccc1)C(=O)N(C)c1ccc2c(c1)OCO2. The zero-order valence-corrected chi connectivity index (χ0v) is 21.2. The summed E-state index contributed by atoms with van der Waals surface area (Å²) < 4.78 is 38.8. The third-order valence-electron chi connectivity index (χ3n) is 5.82. The van der Waals surface area contributed by atoms with Crippen LogP contribution >= 0.6 is 0 Å². The fourth-order valence-electron chi connectivity index (χ4n) is 3.92. The van der Waals surface area contributed by atoms with Gasteiger partial charge >= 0.3 is 6.03 Å². The van der Waals surface area contributed by atoms with E-state index >= 15 is 0 Å². The minimum Gasteiger partial charge on any atom is -0.454 e. The number of urea groups is 1. The topological polar surface area (TPSA) is 114 Å². The van der Waals surface area contributed by atoms with Crippen molar-refractivity contribution in [3.8, 4) is 11.5 Å². The van der Waals surface area contributed by atoms with Crippen LogP contribution in [-0.2, 0) is 21.2 Å². The minimum absolute atomic E-state index is 0.0823. The van der Waals surface area contributed by atoms with Gasteiger partial charge in [-0.25, -0.2) is 17.9 Å². The van der Waals surface area contributed by atoms with Gasteiger partial charge in [-0.2, -0.15) is 0 Å². The fourth-order valence-corrected chi connectivity index (χ4v) is 5.13. The maximum atomic E-state index is 13.5. The molecule has 2 N–H and O–H groups in total. The predicted molar refractivity (Wildman–Crippen MR) is 140 cm³/mol. The van der Waals surface area contributed by atoms with Crippen LogP contribution in [0, 0.1) is 0 Å². The number of carbonyl (C=O) groups is 2. The zero-order chi connectivity index (χ0) is 26.6. The van der Waals surface area contributed by atoms with E-state index in [4.69, 9.17) is 9.47 Å². The van der Waals surface area contributed by atoms with Gasteiger partial charge in [-0.05, 0) is 41.8 Å². The molecule has 3 amide bonds. The number of hydrogen-bond donors (Lipinski definition) is 2. The van der Waals surface area contributed by atoms with Gasteiger partial charge in [0.2, 0.25) is 12.7 Å². The molecule has 0 radical (unpaired) electrons. The highest BCUT2D eigenvalue weighted by molar-refractivity contribution is 7.90. The maximum Gasteiger partial charge on any atom is 0.329 e. The molecule has 10 heteroatoms. The highest BCUT2D eigenvalue weighted by Gasteiger charge is 2.29. The van der Waals surface area contributed by atoms with Gasteiger partial charge in [0.05, 0.1) is 4.90 Å². The minimum atomic E-state index is -4.24. The number of carbonyl (C=O) groups excluding carboxylic acids is 2. The van der Waals surface area contributed by atoms with E-state index in [-0.39, 0.29) is 18.1 Å². The lowest BCUT2D eigenvalue weighted by molar-refractivity contribution is -0.120. The van der Waals surface area contributed by atoms with Crippen LogP contribution in [0.4, 0.5) is 10.5 Å². The van der Waals surface area contributed by atoms with Crippen molar-refractivity contribution in [3.05, 3.63) is 90.5 Å². The van der Waals surface area contributed by atoms with Crippen LogP contribution in [0.15, 0.2) is 84.3 Å². The molecule has 0 fully saturated rings. The number of anilines is 1. The van der Waals surface area contributed by atoms with Crippen LogP contribution in [0.1, 0.15) is 18.1 Å². The van der Waals surface area contributed by atoms with Gasteiger partial charge in [-0.15, -0.1) is 0 Å². The van der Waals surface area contributed by atoms with E-state index in [0.717, 1.165) is 5.56 Å². The molecule has 0 aromatic heterocycles. The summed E-state index contributed by atoms with van der Waals surface area (Å²) in [6.07, 6.45) is 0.143. The van der Waals surface area contributed by atoms with Crippen molar-refractivity contribution in [2.75, 3.05) is 18.7 Å². The van der Waals surface area contributed by atoms with Gasteiger partial charge in [-0.3, -0.25) is 4.79 Å². The third-order valence-corrected chi connectivity index (χ3v) is 7.21. The molecule has 0 saturated carbocycles. The molecule has 1 atom stereocenters. The Kier molecular flexibility index (Phi) is 7.49. The normalized spacial score (nSPS) is 12.9. The second-order valence-corrected chi connectivity index (χ2v) is 10.2. The summed E-state index contributed by atoms with van der Waals surface area (Å²) in [5, 5.41) is 2.54. The molecule has 37 heavy (non-hydrogen) atoms. The van der Waals surface area contributed by atoms with Crippen molar-refractivity contribution >= 4 is 33.2 Å². The van der Waals surface area contributed by atoms with Crippen LogP contribution in [0.5, 0.6) is 11.5 Å². The van der Waals surface area contributed by atoms with Gasteiger partial charge in [0.15, 0.2) is 11.5 Å². The summed E-state index contributed by atoms with van der Waals surface area (Å²) in [6.45, 7) is 5.58. The average molecular weight is 522 g/mol. The summed E-state index contributed by atoms with van der Waals surface area (Å²) in [7, 11) is -2.67. The van der Waals surface area contributed by atoms with Gasteiger partial charge in [-0.1, -0.05) is 55.1 Å². The summed E-state index contributed by atoms with van der Waals surface area (Å²) in [5.74, 6) is 0.630. The highest BCUT2D eigenvalue weighted by atomic mass is 32.2. The van der Waals surface area contributed by atoms with Crippen molar-refractivity contribution < 1.29 is 27.5 Å². The van der Waals surface area contributed by atoms with E-state index in [1.54, 1.807) is 50.4 Å². The van der Waals surface area contributed by atoms with Crippen LogP contribution in [0.3, 0.4) is 0 Å². The van der Waals surface area contributed by atoms with E-state index in [9.17, 15) is 18.0 Å². The van der Waals surface area contributed by atoms with E-state index in [1.165, 1.54) is 11.0 Å². The number of allylic oxidation sites excluding steroid dienone is 1. The molecule has 4 rings (SSSR count). The molecule has 1 unspecified atom stereocenters. The molecule has 3 aromatic rings. The van der Waals surface area contributed by atoms with E-state index in [1.807, 2.05) is 35.1 Å². The van der Waals surface area contributed by atoms with Crippen molar-refractivity contribution in [1.29, 1.82) is 0 Å². The molecule has 1 aliphatic heterocycles. The Bertz CT molecular complexity index is 1440. The number of fused-ring (bicyclic) bond motifs is 1. The molecule has 3 aromatic carbocycles. The molecule has 0 aliphatic carbocycles. The Balaban J connectivity index is 1.56. The summed E-state index contributed by atoms with van der Waals surface area (Å²) in [5.41, 5.74) is 2.24. The first-order valence-corrected chi connectivity index (χ1v) is 12.9. The lowest BCUT2D eigenvalue weighted by Crippen LogP contribution is -2.52. The van der Waals surface area contributed by atoms with Crippen molar-refractivity contribution in [2.45, 2.75) is 24.3 Å². The zero-order valence-electron chi connectivity index (χ0n) is 20.4. The van der Waals surface area contributed by atoms with Crippen LogP contribution in [-0.4, -0.2) is 40.2 Å². The van der Waals surface area contributed by atoms with Crippen molar-refractivity contribution in [2.24, 2.45) is 0 Å². The number of ether oxygens (including phenoxy) is 2. The molecule has 9 nitrogen and oxygen atoms in total. The lowest BCUT2D eigenvalue weighted by atomic mass is 10.0. The van der Waals surface area contributed by atoms with Crippen molar-refractivity contribution in [3.63, 3.8) is 0 Å². The Labute approximate surface area is 215 Å². The maximum absolute atomic E-state index is 13.5. The number of rotatable bonds is 8. The number of sulfonamides is 1. The molecule has 192 valence electrons. The van der Waals surface area contributed by atoms with Gasteiger partial charge in [0, 0.05) is 25.2 Å². The number of benzene rings is 3. The van der Waals surface area contributed by atoms with E-state index in [2.05, 4.69) is 11.9 Å². The molecule has 0 bridgehead atoms. The summed E-state index contributed by atoms with van der Waals surface area (Å²) >= 11 is 0. The number of nitrogens with one attached hydrogen (secondary N) is 2. The number of amides is 3. The lowest BCUT2D eigenvalue weighted by Gasteiger charge is -2.25. The average Bonchev–Trinajstić information content (AvgIpc) is 3.36. The Morgan fingerprint density at radius 3 is 2.41 bits per heavy atom. The first-order valence-electron chi connectivity index (χ1n) is 11.4. The van der Waals surface area contributed by atoms with E-state index < -0.39 is 28.0 Å². The smallest absolute Gasteiger partial charge is 0.329 e. The summed E-state index contributed by atoms with van der Waals surface area (Å²) in [6, 6.07) is 18.3. The molecule has 1 heterocycles. The molecular formula is C27H27N3O6S. The summed E-state index contributed by atoms with van der Waals surface area (Å²) in [4.78, 5) is 27.7. The van der Waals surface area contributed by atoms with E-state index in [0.29, 0.717) is 28.3 Å². The Morgan fingerprint density at radius 1 is 1.00 bits per heavy atom. The second-order valence-electron chi connectivity index (χ2n) is 8.53. The molecule has 0 spiro atoms. The third kappa shape index (κ3) is 5.92. The van der Waals surface area contributed by atoms with Crippen LogP contribution in [0.25, 0.3) is 5.57 Å². The first-order chi connectivity index (χ1) is 17.7. The second kappa shape index (κ2) is 10.8. The highest BCUT2D eigenvalue weighted by Crippen LogP contribution is 2.35. The molecular weight excluding hydrogens is 494 g/mol. The largest absolute Gasteiger partial charge is 0.454 e. The Hall–Kier alpha value is -4.31. The van der Waals surface area contributed by atoms with Crippen molar-refractivity contribution in [1.82, 2.24) is 10.0 Å². The van der Waals surface area contributed by atoms with Gasteiger partial charge in [0.1, 0.15) is 6.04 Å². The first kappa shape index (κ1) is 25.8. The quantitative estimate of drug-likeness (QED) is 0.467. The molecule has 1 aliphatic rings. The predicted octanol–water partition coefficient (Wildman–Crippen LogP) is 3.71. The monoisotopic (exact) mass is 521 g/mol.